The molecular weight excluding hydrogens is 385 g/mol. The van der Waals surface area contributed by atoms with Gasteiger partial charge in [-0.15, -0.1) is 0 Å². The van der Waals surface area contributed by atoms with E-state index < -0.39 is 0 Å². The largest absolute Gasteiger partial charge is 0.491 e. The summed E-state index contributed by atoms with van der Waals surface area (Å²) >= 11 is 0. The van der Waals surface area contributed by atoms with E-state index in [0.29, 0.717) is 18.9 Å². The van der Waals surface area contributed by atoms with Crippen LogP contribution in [0.15, 0.2) is 42.7 Å². The summed E-state index contributed by atoms with van der Waals surface area (Å²) in [6, 6.07) is 8.26. The second kappa shape index (κ2) is 9.53. The Hall–Kier alpha value is -2.51. The molecule has 0 bridgehead atoms. The Morgan fingerprint density at radius 3 is 2.70 bits per heavy atom. The molecule has 0 radical (unpaired) electrons. The molecule has 7 heteroatoms. The zero-order chi connectivity index (χ0) is 20.9. The van der Waals surface area contributed by atoms with Crippen LogP contribution in [0, 0.1) is 12.7 Å². The lowest BCUT2D eigenvalue weighted by Gasteiger charge is -2.42. The molecule has 0 aliphatic carbocycles. The van der Waals surface area contributed by atoms with Crippen molar-refractivity contribution in [3.05, 3.63) is 59.7 Å². The van der Waals surface area contributed by atoms with E-state index in [-0.39, 0.29) is 30.5 Å². The van der Waals surface area contributed by atoms with Crippen LogP contribution in [0.1, 0.15) is 24.0 Å². The Labute approximate surface area is 176 Å². The summed E-state index contributed by atoms with van der Waals surface area (Å²) in [6.07, 6.45) is 5.49. The number of likely N-dealkylation sites (tertiary alicyclic amines) is 1. The number of hydrogen-bond donors (Lipinski definition) is 0. The van der Waals surface area contributed by atoms with Gasteiger partial charge in [-0.25, -0.2) is 4.39 Å². The number of benzene rings is 1. The number of halogens is 1. The van der Waals surface area contributed by atoms with Crippen LogP contribution in [0.25, 0.3) is 0 Å². The Morgan fingerprint density at radius 1 is 1.20 bits per heavy atom. The third-order valence-corrected chi connectivity index (χ3v) is 5.94. The monoisotopic (exact) mass is 413 g/mol. The number of rotatable bonds is 6. The number of ether oxygens (including phenoxy) is 2. The molecule has 1 unspecified atom stereocenters. The number of hydrogen-bond acceptors (Lipinski definition) is 5. The minimum atomic E-state index is -0.293. The number of piperidine rings is 1. The molecule has 2 aliphatic heterocycles. The number of pyridine rings is 1. The molecule has 2 aromatic rings. The van der Waals surface area contributed by atoms with Gasteiger partial charge in [-0.1, -0.05) is 0 Å². The quantitative estimate of drug-likeness (QED) is 0.729. The Kier molecular flexibility index (Phi) is 6.59. The summed E-state index contributed by atoms with van der Waals surface area (Å²) in [5, 5.41) is 0. The minimum Gasteiger partial charge on any atom is -0.491 e. The predicted octanol–water partition coefficient (Wildman–Crippen LogP) is 2.80. The van der Waals surface area contributed by atoms with Gasteiger partial charge in [0.25, 0.3) is 0 Å². The van der Waals surface area contributed by atoms with E-state index in [4.69, 9.17) is 9.47 Å². The van der Waals surface area contributed by atoms with Gasteiger partial charge in [-0.05, 0) is 61.2 Å². The van der Waals surface area contributed by atoms with Gasteiger partial charge in [0.2, 0.25) is 5.91 Å². The normalized spacial score (nSPS) is 21.1. The van der Waals surface area contributed by atoms with Crippen LogP contribution in [0.5, 0.6) is 5.75 Å². The van der Waals surface area contributed by atoms with Crippen LogP contribution in [0.4, 0.5) is 4.39 Å². The second-order valence-corrected chi connectivity index (χ2v) is 8.05. The van der Waals surface area contributed by atoms with E-state index in [9.17, 15) is 9.18 Å². The lowest BCUT2D eigenvalue weighted by Crippen LogP contribution is -2.55. The van der Waals surface area contributed by atoms with Gasteiger partial charge in [-0.2, -0.15) is 0 Å². The maximum atomic E-state index is 13.0. The molecule has 1 atom stereocenters. The van der Waals surface area contributed by atoms with Crippen LogP contribution < -0.4 is 4.74 Å². The van der Waals surface area contributed by atoms with E-state index >= 15 is 0 Å². The molecule has 2 saturated heterocycles. The van der Waals surface area contributed by atoms with Gasteiger partial charge in [0.1, 0.15) is 30.9 Å². The predicted molar refractivity (Wildman–Crippen MR) is 111 cm³/mol. The van der Waals surface area contributed by atoms with Crippen molar-refractivity contribution in [2.45, 2.75) is 38.5 Å². The van der Waals surface area contributed by atoms with Gasteiger partial charge < -0.3 is 14.4 Å². The summed E-state index contributed by atoms with van der Waals surface area (Å²) in [7, 11) is 0. The Morgan fingerprint density at radius 2 is 1.97 bits per heavy atom. The van der Waals surface area contributed by atoms with Crippen molar-refractivity contribution in [3.8, 4) is 5.75 Å². The average Bonchev–Trinajstić information content (AvgIpc) is 2.76. The lowest BCUT2D eigenvalue weighted by atomic mass is 10.0. The molecule has 1 amide bonds. The molecule has 2 aliphatic rings. The fourth-order valence-corrected chi connectivity index (χ4v) is 4.13. The molecular formula is C23H28FN3O3. The highest BCUT2D eigenvalue weighted by molar-refractivity contribution is 5.78. The molecule has 0 N–H and O–H groups in total. The molecule has 1 aromatic heterocycles. The first-order chi connectivity index (χ1) is 14.6. The molecule has 3 heterocycles. The fraction of sp³-hybridized carbons (Fsp3) is 0.478. The number of aromatic nitrogens is 1. The van der Waals surface area contributed by atoms with Crippen LogP contribution in [0.3, 0.4) is 0 Å². The summed E-state index contributed by atoms with van der Waals surface area (Å²) in [6.45, 7) is 5.92. The SMILES string of the molecule is Cc1cnccc1CN1CCC(N2CC(COc3ccc(F)cc3)OCC2=O)CC1. The maximum absolute atomic E-state index is 13.0. The van der Waals surface area contributed by atoms with Gasteiger partial charge in [-0.3, -0.25) is 14.7 Å². The zero-order valence-corrected chi connectivity index (χ0v) is 17.3. The van der Waals surface area contributed by atoms with Crippen LogP contribution in [-0.2, 0) is 16.1 Å². The Balaban J connectivity index is 1.27. The molecule has 160 valence electrons. The fourth-order valence-electron chi connectivity index (χ4n) is 4.13. The topological polar surface area (TPSA) is 54.9 Å². The number of carbonyl (C=O) groups is 1. The zero-order valence-electron chi connectivity index (χ0n) is 17.3. The molecule has 1 aromatic carbocycles. The van der Waals surface area contributed by atoms with Crippen molar-refractivity contribution in [1.82, 2.24) is 14.8 Å². The first-order valence-corrected chi connectivity index (χ1v) is 10.5. The van der Waals surface area contributed by atoms with E-state index in [1.165, 1.54) is 23.3 Å². The number of amides is 1. The van der Waals surface area contributed by atoms with Crippen molar-refractivity contribution in [2.75, 3.05) is 32.8 Å². The summed E-state index contributed by atoms with van der Waals surface area (Å²) < 4.78 is 24.4. The van der Waals surface area contributed by atoms with Crippen molar-refractivity contribution >= 4 is 5.91 Å². The highest BCUT2D eigenvalue weighted by Crippen LogP contribution is 2.22. The summed E-state index contributed by atoms with van der Waals surface area (Å²) in [4.78, 5) is 21.0. The number of aryl methyl sites for hydroxylation is 1. The smallest absolute Gasteiger partial charge is 0.248 e. The van der Waals surface area contributed by atoms with Crippen molar-refractivity contribution in [1.29, 1.82) is 0 Å². The van der Waals surface area contributed by atoms with Crippen molar-refractivity contribution < 1.29 is 18.7 Å². The number of morpholine rings is 1. The molecule has 2 fully saturated rings. The Bertz CT molecular complexity index is 853. The third-order valence-electron chi connectivity index (χ3n) is 5.94. The van der Waals surface area contributed by atoms with E-state index in [0.717, 1.165) is 32.5 Å². The summed E-state index contributed by atoms with van der Waals surface area (Å²) in [5.41, 5.74) is 2.52. The van der Waals surface area contributed by atoms with E-state index in [1.54, 1.807) is 12.1 Å². The van der Waals surface area contributed by atoms with Gasteiger partial charge in [0.05, 0.1) is 6.54 Å². The van der Waals surface area contributed by atoms with Crippen molar-refractivity contribution in [3.63, 3.8) is 0 Å². The molecule has 6 nitrogen and oxygen atoms in total. The van der Waals surface area contributed by atoms with Gasteiger partial charge >= 0.3 is 0 Å². The average molecular weight is 413 g/mol. The first kappa shape index (κ1) is 20.8. The first-order valence-electron chi connectivity index (χ1n) is 10.5. The summed E-state index contributed by atoms with van der Waals surface area (Å²) in [5.74, 6) is 0.359. The highest BCUT2D eigenvalue weighted by atomic mass is 19.1. The van der Waals surface area contributed by atoms with E-state index in [2.05, 4.69) is 22.9 Å². The maximum Gasteiger partial charge on any atom is 0.248 e. The lowest BCUT2D eigenvalue weighted by molar-refractivity contribution is -0.155. The number of carbonyl (C=O) groups excluding carboxylic acids is 1. The molecule has 4 rings (SSSR count). The standard InChI is InChI=1S/C23H28FN3O3/c1-17-12-25-9-6-18(17)13-26-10-7-20(8-11-26)27-14-22(30-16-23(27)28)15-29-21-4-2-19(24)3-5-21/h2-6,9,12,20,22H,7-8,10-11,13-16H2,1H3. The molecule has 0 spiro atoms. The molecule has 30 heavy (non-hydrogen) atoms. The van der Waals surface area contributed by atoms with Crippen LogP contribution in [0.2, 0.25) is 0 Å². The van der Waals surface area contributed by atoms with Gasteiger partial charge in [0, 0.05) is 38.1 Å². The van der Waals surface area contributed by atoms with Crippen LogP contribution in [-0.4, -0.2) is 65.7 Å². The molecule has 0 saturated carbocycles. The van der Waals surface area contributed by atoms with Gasteiger partial charge in [0.15, 0.2) is 0 Å². The highest BCUT2D eigenvalue weighted by Gasteiger charge is 2.33. The third kappa shape index (κ3) is 5.15. The minimum absolute atomic E-state index is 0.0523. The van der Waals surface area contributed by atoms with Crippen LogP contribution >= 0.6 is 0 Å². The van der Waals surface area contributed by atoms with Crippen molar-refractivity contribution in [2.24, 2.45) is 0 Å². The number of nitrogens with zero attached hydrogens (tertiary/aromatic N) is 3. The second-order valence-electron chi connectivity index (χ2n) is 8.05. The van der Waals surface area contributed by atoms with E-state index in [1.807, 2.05) is 17.3 Å².